The second kappa shape index (κ2) is 7.26. The van der Waals surface area contributed by atoms with Crippen LogP contribution in [0.2, 0.25) is 5.02 Å². The molecule has 0 radical (unpaired) electrons. The molecule has 6 nitrogen and oxygen atoms in total. The van der Waals surface area contributed by atoms with Crippen molar-refractivity contribution in [3.63, 3.8) is 0 Å². The number of hydrogen-bond donors (Lipinski definition) is 0. The number of nitrogens with zero attached hydrogens (tertiary/aromatic N) is 2. The molecule has 4 rings (SSSR count). The van der Waals surface area contributed by atoms with Crippen LogP contribution in [0.15, 0.2) is 68.1 Å². The minimum atomic E-state index is -0.726. The molecule has 0 saturated heterocycles. The van der Waals surface area contributed by atoms with Gasteiger partial charge in [0.15, 0.2) is 4.80 Å². The Labute approximate surface area is 168 Å². The Morgan fingerprint density at radius 3 is 2.79 bits per heavy atom. The van der Waals surface area contributed by atoms with Crippen LogP contribution in [0.25, 0.3) is 6.08 Å². The predicted octanol–water partition coefficient (Wildman–Crippen LogP) is 2.65. The molecule has 8 heteroatoms. The molecule has 3 aromatic rings. The molecule has 1 atom stereocenters. The maximum absolute atomic E-state index is 13.2. The predicted molar refractivity (Wildman–Crippen MR) is 106 cm³/mol. The van der Waals surface area contributed by atoms with Gasteiger partial charge < -0.3 is 9.15 Å². The van der Waals surface area contributed by atoms with E-state index in [2.05, 4.69) is 4.99 Å². The van der Waals surface area contributed by atoms with Crippen LogP contribution in [0, 0.1) is 0 Å². The van der Waals surface area contributed by atoms with Crippen LogP contribution in [0.1, 0.15) is 24.3 Å². The molecule has 142 valence electrons. The molecular formula is C20H15ClN2O4S. The number of halogens is 1. The van der Waals surface area contributed by atoms with Gasteiger partial charge in [-0.3, -0.25) is 9.36 Å². The SMILES string of the molecule is COC(=O)C1=C(C)N=c2sc(=Cc3ccco3)c(=O)n2[C@H]1c1ccccc1Cl. The van der Waals surface area contributed by atoms with Gasteiger partial charge in [-0.25, -0.2) is 9.79 Å². The molecule has 0 N–H and O–H groups in total. The highest BCUT2D eigenvalue weighted by Crippen LogP contribution is 2.34. The molecule has 0 bridgehead atoms. The number of carbonyl (C=O) groups is 1. The van der Waals surface area contributed by atoms with E-state index in [1.807, 2.05) is 6.07 Å². The summed E-state index contributed by atoms with van der Waals surface area (Å²) >= 11 is 7.65. The molecule has 0 unspecified atom stereocenters. The third-order valence-electron chi connectivity index (χ3n) is 4.44. The van der Waals surface area contributed by atoms with Gasteiger partial charge in [0.25, 0.3) is 5.56 Å². The number of hydrogen-bond acceptors (Lipinski definition) is 6. The fourth-order valence-corrected chi connectivity index (χ4v) is 4.45. The highest BCUT2D eigenvalue weighted by molar-refractivity contribution is 7.07. The summed E-state index contributed by atoms with van der Waals surface area (Å²) in [5.74, 6) is 0.00921. The van der Waals surface area contributed by atoms with E-state index in [1.165, 1.54) is 29.3 Å². The maximum Gasteiger partial charge on any atom is 0.338 e. The van der Waals surface area contributed by atoms with Gasteiger partial charge in [0.05, 0.1) is 29.2 Å². The van der Waals surface area contributed by atoms with E-state index in [1.54, 1.807) is 43.3 Å². The van der Waals surface area contributed by atoms with Crippen LogP contribution in [-0.2, 0) is 9.53 Å². The Morgan fingerprint density at radius 1 is 1.32 bits per heavy atom. The van der Waals surface area contributed by atoms with Crippen molar-refractivity contribution < 1.29 is 13.9 Å². The van der Waals surface area contributed by atoms with Crippen molar-refractivity contribution in [1.29, 1.82) is 0 Å². The Kier molecular flexibility index (Phi) is 4.78. The first-order chi connectivity index (χ1) is 13.5. The summed E-state index contributed by atoms with van der Waals surface area (Å²) in [6.07, 6.45) is 3.19. The van der Waals surface area contributed by atoms with Crippen molar-refractivity contribution in [1.82, 2.24) is 4.57 Å². The molecule has 0 fully saturated rings. The number of allylic oxidation sites excluding steroid dienone is 1. The lowest BCUT2D eigenvalue weighted by atomic mass is 9.96. The quantitative estimate of drug-likeness (QED) is 0.617. The van der Waals surface area contributed by atoms with Crippen LogP contribution in [0.3, 0.4) is 0 Å². The zero-order valence-corrected chi connectivity index (χ0v) is 16.6. The standard InChI is InChI=1S/C20H15ClN2O4S/c1-11-16(19(25)26-2)17(13-7-3-4-8-14(13)21)23-18(24)15(28-20(23)22-11)10-12-6-5-9-27-12/h3-10,17H,1-2H3/t17-/m0/s1. The smallest absolute Gasteiger partial charge is 0.338 e. The zero-order chi connectivity index (χ0) is 19.8. The van der Waals surface area contributed by atoms with Crippen LogP contribution in [0.4, 0.5) is 0 Å². The topological polar surface area (TPSA) is 73.8 Å². The molecular weight excluding hydrogens is 400 g/mol. The minimum Gasteiger partial charge on any atom is -0.466 e. The molecule has 0 saturated carbocycles. The van der Waals surface area contributed by atoms with Crippen LogP contribution in [0.5, 0.6) is 0 Å². The van der Waals surface area contributed by atoms with E-state index in [9.17, 15) is 9.59 Å². The number of esters is 1. The van der Waals surface area contributed by atoms with Gasteiger partial charge in [0.1, 0.15) is 11.8 Å². The fraction of sp³-hybridized carbons (Fsp3) is 0.150. The second-order valence-electron chi connectivity index (χ2n) is 6.11. The highest BCUT2D eigenvalue weighted by atomic mass is 35.5. The fourth-order valence-electron chi connectivity index (χ4n) is 3.19. The average Bonchev–Trinajstić information content (AvgIpc) is 3.29. The monoisotopic (exact) mass is 414 g/mol. The number of carbonyl (C=O) groups excluding carboxylic acids is 1. The van der Waals surface area contributed by atoms with Gasteiger partial charge in [-0.2, -0.15) is 0 Å². The molecule has 0 aliphatic carbocycles. The normalized spacial score (nSPS) is 16.7. The first kappa shape index (κ1) is 18.5. The number of ether oxygens (including phenoxy) is 1. The summed E-state index contributed by atoms with van der Waals surface area (Å²) < 4.78 is 12.2. The minimum absolute atomic E-state index is 0.279. The van der Waals surface area contributed by atoms with E-state index in [0.717, 1.165) is 0 Å². The van der Waals surface area contributed by atoms with Gasteiger partial charge in [-0.05, 0) is 30.7 Å². The zero-order valence-electron chi connectivity index (χ0n) is 15.0. The number of furan rings is 1. The molecule has 2 aromatic heterocycles. The number of rotatable bonds is 3. The summed E-state index contributed by atoms with van der Waals surface area (Å²) in [4.78, 5) is 30.7. The summed E-state index contributed by atoms with van der Waals surface area (Å²) in [7, 11) is 1.30. The lowest BCUT2D eigenvalue weighted by Crippen LogP contribution is -2.39. The molecule has 3 heterocycles. The van der Waals surface area contributed by atoms with Crippen molar-refractivity contribution in [2.45, 2.75) is 13.0 Å². The maximum atomic E-state index is 13.2. The van der Waals surface area contributed by atoms with Crippen LogP contribution >= 0.6 is 22.9 Å². The Hall–Kier alpha value is -2.90. The summed E-state index contributed by atoms with van der Waals surface area (Å²) in [6.45, 7) is 1.72. The van der Waals surface area contributed by atoms with E-state index in [-0.39, 0.29) is 11.1 Å². The third-order valence-corrected chi connectivity index (χ3v) is 5.77. The summed E-state index contributed by atoms with van der Waals surface area (Å²) in [5, 5.41) is 0.448. The van der Waals surface area contributed by atoms with Crippen molar-refractivity contribution in [2.75, 3.05) is 7.11 Å². The number of aromatic nitrogens is 1. The van der Waals surface area contributed by atoms with Crippen LogP contribution in [-0.4, -0.2) is 17.6 Å². The van der Waals surface area contributed by atoms with E-state index in [0.29, 0.717) is 31.4 Å². The molecule has 1 aromatic carbocycles. The number of methoxy groups -OCH3 is 1. The van der Waals surface area contributed by atoms with E-state index in [4.69, 9.17) is 20.8 Å². The van der Waals surface area contributed by atoms with Gasteiger partial charge in [0.2, 0.25) is 0 Å². The Bertz CT molecular complexity index is 1270. The third kappa shape index (κ3) is 3.02. The second-order valence-corrected chi connectivity index (χ2v) is 7.53. The van der Waals surface area contributed by atoms with Gasteiger partial charge in [0, 0.05) is 11.1 Å². The number of benzene rings is 1. The summed E-state index contributed by atoms with van der Waals surface area (Å²) in [6, 6.07) is 9.89. The van der Waals surface area contributed by atoms with Crippen molar-refractivity contribution in [2.24, 2.45) is 4.99 Å². The number of fused-ring (bicyclic) bond motifs is 1. The average molecular weight is 415 g/mol. The molecule has 0 spiro atoms. The van der Waals surface area contributed by atoms with E-state index >= 15 is 0 Å². The Morgan fingerprint density at radius 2 is 2.11 bits per heavy atom. The molecule has 1 aliphatic heterocycles. The van der Waals surface area contributed by atoms with Crippen molar-refractivity contribution in [3.05, 3.63) is 90.0 Å². The lowest BCUT2D eigenvalue weighted by Gasteiger charge is -2.25. The van der Waals surface area contributed by atoms with Gasteiger partial charge in [-0.15, -0.1) is 0 Å². The molecule has 1 aliphatic rings. The van der Waals surface area contributed by atoms with E-state index < -0.39 is 12.0 Å². The molecule has 0 amide bonds. The van der Waals surface area contributed by atoms with Gasteiger partial charge in [-0.1, -0.05) is 41.1 Å². The summed E-state index contributed by atoms with van der Waals surface area (Å²) in [5.41, 5.74) is 1.12. The van der Waals surface area contributed by atoms with Crippen molar-refractivity contribution in [3.8, 4) is 0 Å². The molecule has 28 heavy (non-hydrogen) atoms. The highest BCUT2D eigenvalue weighted by Gasteiger charge is 2.34. The number of thiazole rings is 1. The van der Waals surface area contributed by atoms with Gasteiger partial charge >= 0.3 is 5.97 Å². The first-order valence-corrected chi connectivity index (χ1v) is 9.59. The largest absolute Gasteiger partial charge is 0.466 e. The first-order valence-electron chi connectivity index (χ1n) is 8.40. The van der Waals surface area contributed by atoms with Crippen LogP contribution < -0.4 is 14.9 Å². The Balaban J connectivity index is 2.03. The lowest BCUT2D eigenvalue weighted by molar-refractivity contribution is -0.136. The van der Waals surface area contributed by atoms with Crippen molar-refractivity contribution >= 4 is 35.0 Å².